The summed E-state index contributed by atoms with van der Waals surface area (Å²) in [5.74, 6) is -0.741. The monoisotopic (exact) mass is 377 g/mol. The van der Waals surface area contributed by atoms with Gasteiger partial charge >= 0.3 is 5.97 Å². The van der Waals surface area contributed by atoms with Crippen LogP contribution >= 0.6 is 11.6 Å². The van der Waals surface area contributed by atoms with Gasteiger partial charge in [-0.05, 0) is 38.8 Å². The molecule has 2 rings (SSSR count). The average Bonchev–Trinajstić information content (AvgIpc) is 2.82. The molecule has 1 aromatic heterocycles. The topological polar surface area (TPSA) is 73.2 Å². The lowest BCUT2D eigenvalue weighted by atomic mass is 10.2. The quantitative estimate of drug-likeness (QED) is 0.772. The second kappa shape index (κ2) is 8.36. The Kier molecular flexibility index (Phi) is 6.42. The molecule has 0 radical (unpaired) electrons. The second-order valence-electron chi connectivity index (χ2n) is 6.73. The second-order valence-corrected chi connectivity index (χ2v) is 7.09. The van der Waals surface area contributed by atoms with E-state index in [2.05, 4.69) is 10.4 Å². The molecule has 26 heavy (non-hydrogen) atoms. The van der Waals surface area contributed by atoms with Crippen LogP contribution in [0.25, 0.3) is 0 Å². The fourth-order valence-electron chi connectivity index (χ4n) is 2.41. The highest BCUT2D eigenvalue weighted by Crippen LogP contribution is 2.22. The molecule has 0 fully saturated rings. The molecule has 0 aliphatic carbocycles. The maximum atomic E-state index is 12.5. The number of carbonyl (C=O) groups excluding carboxylic acids is 2. The molecule has 7 heteroatoms. The number of halogens is 1. The van der Waals surface area contributed by atoms with Crippen molar-refractivity contribution in [1.82, 2.24) is 9.78 Å². The molecule has 0 aliphatic rings. The van der Waals surface area contributed by atoms with Crippen LogP contribution < -0.4 is 5.32 Å². The number of anilines is 1. The van der Waals surface area contributed by atoms with Gasteiger partial charge in [-0.3, -0.25) is 9.48 Å². The first-order chi connectivity index (χ1) is 12.2. The fraction of sp³-hybridized carbons (Fsp3) is 0.421. The Bertz CT molecular complexity index is 797. The third kappa shape index (κ3) is 4.85. The molecule has 1 amide bonds. The Hall–Kier alpha value is -2.34. The van der Waals surface area contributed by atoms with E-state index in [0.717, 1.165) is 5.56 Å². The normalized spacial score (nSPS) is 12.1. The Balaban J connectivity index is 2.05. The highest BCUT2D eigenvalue weighted by Gasteiger charge is 2.26. The van der Waals surface area contributed by atoms with Crippen molar-refractivity contribution >= 4 is 29.2 Å². The number of ether oxygens (including phenoxy) is 1. The van der Waals surface area contributed by atoms with E-state index in [1.165, 1.54) is 6.92 Å². The number of carbonyl (C=O) groups is 2. The van der Waals surface area contributed by atoms with E-state index in [0.29, 0.717) is 23.8 Å². The number of nitrogens with zero attached hydrogens (tertiary/aromatic N) is 2. The number of hydrogen-bond acceptors (Lipinski definition) is 4. The van der Waals surface area contributed by atoms with Gasteiger partial charge in [0.15, 0.2) is 6.10 Å². The summed E-state index contributed by atoms with van der Waals surface area (Å²) < 4.78 is 6.86. The van der Waals surface area contributed by atoms with Crippen LogP contribution in [0.15, 0.2) is 24.3 Å². The zero-order chi connectivity index (χ0) is 19.4. The zero-order valence-corrected chi connectivity index (χ0v) is 16.4. The van der Waals surface area contributed by atoms with Gasteiger partial charge in [-0.15, -0.1) is 0 Å². The van der Waals surface area contributed by atoms with Gasteiger partial charge in [-0.1, -0.05) is 43.1 Å². The van der Waals surface area contributed by atoms with Crippen LogP contribution in [0.4, 0.5) is 5.69 Å². The number of aromatic nitrogens is 2. The molecule has 0 spiro atoms. The number of aryl methyl sites for hydroxylation is 2. The number of hydrogen-bond donors (Lipinski definition) is 1. The lowest BCUT2D eigenvalue weighted by Gasteiger charge is -2.13. The number of amides is 1. The molecule has 1 aromatic carbocycles. The summed E-state index contributed by atoms with van der Waals surface area (Å²) in [4.78, 5) is 24.7. The highest BCUT2D eigenvalue weighted by atomic mass is 35.5. The molecular weight excluding hydrogens is 354 g/mol. The van der Waals surface area contributed by atoms with Crippen molar-refractivity contribution in [2.24, 2.45) is 5.92 Å². The molecule has 1 atom stereocenters. The van der Waals surface area contributed by atoms with Gasteiger partial charge in [0.25, 0.3) is 5.91 Å². The van der Waals surface area contributed by atoms with Gasteiger partial charge in [0.2, 0.25) is 0 Å². The van der Waals surface area contributed by atoms with Crippen molar-refractivity contribution < 1.29 is 14.3 Å². The Morgan fingerprint density at radius 2 is 1.81 bits per heavy atom. The summed E-state index contributed by atoms with van der Waals surface area (Å²) in [5, 5.41) is 7.23. The van der Waals surface area contributed by atoms with E-state index in [4.69, 9.17) is 16.3 Å². The first-order valence-electron chi connectivity index (χ1n) is 8.50. The maximum Gasteiger partial charge on any atom is 0.343 e. The largest absolute Gasteiger partial charge is 0.449 e. The van der Waals surface area contributed by atoms with E-state index in [1.54, 1.807) is 23.7 Å². The number of rotatable bonds is 6. The number of benzene rings is 1. The predicted molar refractivity (Wildman–Crippen MR) is 101 cm³/mol. The molecule has 0 bridgehead atoms. The van der Waals surface area contributed by atoms with Crippen LogP contribution in [-0.2, 0) is 16.1 Å². The predicted octanol–water partition coefficient (Wildman–Crippen LogP) is 3.99. The highest BCUT2D eigenvalue weighted by molar-refractivity contribution is 6.32. The zero-order valence-electron chi connectivity index (χ0n) is 15.7. The van der Waals surface area contributed by atoms with Crippen molar-refractivity contribution in [3.8, 4) is 0 Å². The van der Waals surface area contributed by atoms with Crippen LogP contribution in [0.1, 0.15) is 42.4 Å². The summed E-state index contributed by atoms with van der Waals surface area (Å²) in [6.07, 6.45) is -0.965. The molecule has 1 unspecified atom stereocenters. The van der Waals surface area contributed by atoms with Crippen LogP contribution in [0.3, 0.4) is 0 Å². The molecule has 1 heterocycles. The first kappa shape index (κ1) is 20.0. The van der Waals surface area contributed by atoms with E-state index >= 15 is 0 Å². The van der Waals surface area contributed by atoms with Crippen LogP contribution in [0.2, 0.25) is 5.15 Å². The third-order valence-electron chi connectivity index (χ3n) is 3.78. The minimum Gasteiger partial charge on any atom is -0.449 e. The van der Waals surface area contributed by atoms with E-state index in [9.17, 15) is 9.59 Å². The van der Waals surface area contributed by atoms with Gasteiger partial charge in [0, 0.05) is 12.2 Å². The summed E-state index contributed by atoms with van der Waals surface area (Å²) in [6.45, 7) is 9.82. The summed E-state index contributed by atoms with van der Waals surface area (Å²) in [5.41, 5.74) is 2.41. The standard InChI is InChI=1S/C19H24ClN3O3/c1-11(2)10-23-17(20)16(13(4)22-23)19(25)26-14(5)18(24)21-15-8-6-12(3)7-9-15/h6-9,11,14H,10H2,1-5H3,(H,21,24). The van der Waals surface area contributed by atoms with Gasteiger partial charge < -0.3 is 10.1 Å². The number of esters is 1. The van der Waals surface area contributed by atoms with Gasteiger partial charge in [0.1, 0.15) is 10.7 Å². The van der Waals surface area contributed by atoms with Gasteiger partial charge in [0.05, 0.1) is 5.69 Å². The molecule has 6 nitrogen and oxygen atoms in total. The third-order valence-corrected chi connectivity index (χ3v) is 4.16. The van der Waals surface area contributed by atoms with Gasteiger partial charge in [-0.2, -0.15) is 5.10 Å². The lowest BCUT2D eigenvalue weighted by Crippen LogP contribution is -2.30. The van der Waals surface area contributed by atoms with Crippen molar-refractivity contribution in [3.63, 3.8) is 0 Å². The van der Waals surface area contributed by atoms with Crippen molar-refractivity contribution in [2.45, 2.75) is 47.3 Å². The van der Waals surface area contributed by atoms with E-state index in [-0.39, 0.29) is 10.7 Å². The summed E-state index contributed by atoms with van der Waals surface area (Å²) >= 11 is 6.28. The van der Waals surface area contributed by atoms with Crippen molar-refractivity contribution in [1.29, 1.82) is 0 Å². The van der Waals surface area contributed by atoms with Crippen LogP contribution in [-0.4, -0.2) is 27.8 Å². The summed E-state index contributed by atoms with van der Waals surface area (Å²) in [7, 11) is 0. The minimum absolute atomic E-state index is 0.197. The Morgan fingerprint density at radius 1 is 1.19 bits per heavy atom. The molecule has 2 aromatic rings. The molecule has 0 saturated carbocycles. The molecule has 1 N–H and O–H groups in total. The van der Waals surface area contributed by atoms with Crippen molar-refractivity contribution in [3.05, 3.63) is 46.2 Å². The van der Waals surface area contributed by atoms with E-state index < -0.39 is 18.0 Å². The smallest absolute Gasteiger partial charge is 0.343 e. The number of nitrogens with one attached hydrogen (secondary N) is 1. The first-order valence-corrected chi connectivity index (χ1v) is 8.88. The molecule has 0 saturated heterocycles. The fourth-order valence-corrected chi connectivity index (χ4v) is 2.73. The average molecular weight is 378 g/mol. The Labute approximate surface area is 158 Å². The molecule has 140 valence electrons. The Morgan fingerprint density at radius 3 is 2.38 bits per heavy atom. The SMILES string of the molecule is Cc1ccc(NC(=O)C(C)OC(=O)c2c(C)nn(CC(C)C)c2Cl)cc1. The molecule has 0 aliphatic heterocycles. The van der Waals surface area contributed by atoms with Crippen LogP contribution in [0, 0.1) is 19.8 Å². The van der Waals surface area contributed by atoms with Crippen LogP contribution in [0.5, 0.6) is 0 Å². The summed E-state index contributed by atoms with van der Waals surface area (Å²) in [6, 6.07) is 7.36. The maximum absolute atomic E-state index is 12.5. The minimum atomic E-state index is -0.965. The van der Waals surface area contributed by atoms with E-state index in [1.807, 2.05) is 32.9 Å². The lowest BCUT2D eigenvalue weighted by molar-refractivity contribution is -0.123. The van der Waals surface area contributed by atoms with Gasteiger partial charge in [-0.25, -0.2) is 4.79 Å². The molecular formula is C19H24ClN3O3. The van der Waals surface area contributed by atoms with Crippen molar-refractivity contribution in [2.75, 3.05) is 5.32 Å².